The lowest BCUT2D eigenvalue weighted by molar-refractivity contribution is -0.154. The van der Waals surface area contributed by atoms with Gasteiger partial charge in [0.1, 0.15) is 17.5 Å². The van der Waals surface area contributed by atoms with E-state index < -0.39 is 29.4 Å². The van der Waals surface area contributed by atoms with Crippen molar-refractivity contribution in [3.8, 4) is 23.0 Å². The minimum absolute atomic E-state index is 0.0166. The highest BCUT2D eigenvalue weighted by Crippen LogP contribution is 2.30. The fourth-order valence-electron chi connectivity index (χ4n) is 4.55. The summed E-state index contributed by atoms with van der Waals surface area (Å²) in [4.78, 5) is 52.0. The summed E-state index contributed by atoms with van der Waals surface area (Å²) in [7, 11) is 1.78. The van der Waals surface area contributed by atoms with Gasteiger partial charge in [-0.1, -0.05) is 56.3 Å². The Morgan fingerprint density at radius 3 is 2.04 bits per heavy atom. The van der Waals surface area contributed by atoms with Crippen LogP contribution in [0.2, 0.25) is 0 Å². The molecule has 0 saturated heterocycles. The SMILES string of the molecule is CC(C)CC(C(=O)NCCC(=O)O)N(C=O)C(=O)C(C)(C)N(C)Cc1ccc(Oc2ccccc2)cc1.c1ccc2c(c1)OCO2. The molecule has 2 N–H and O–H groups in total. The molecule has 0 spiro atoms. The second-order valence-corrected chi connectivity index (χ2v) is 11.7. The van der Waals surface area contributed by atoms with Crippen molar-refractivity contribution in [1.82, 2.24) is 15.1 Å². The summed E-state index contributed by atoms with van der Waals surface area (Å²) in [5, 5.41) is 11.4. The molecule has 1 aliphatic rings. The van der Waals surface area contributed by atoms with Crippen LogP contribution in [0.15, 0.2) is 78.9 Å². The number of benzene rings is 3. The standard InChI is InChI=1S/C28H37N3O6.C7H6O2/c1-20(2)17-24(26(35)29-16-15-25(33)34)31(19-32)27(36)28(3,4)30(5)18-21-11-13-23(14-12-21)37-22-9-7-6-8-10-22;1-2-4-7-6(3-1)8-5-9-7/h6-14,19-20,24H,15-18H2,1-5H3,(H,29,35)(H,33,34);1-4H,5H2. The second kappa shape index (κ2) is 17.0. The molecule has 46 heavy (non-hydrogen) atoms. The number of amides is 3. The van der Waals surface area contributed by atoms with Gasteiger partial charge >= 0.3 is 5.97 Å². The summed E-state index contributed by atoms with van der Waals surface area (Å²) in [5.74, 6) is 1.00. The lowest BCUT2D eigenvalue weighted by atomic mass is 9.96. The molecule has 1 unspecified atom stereocenters. The molecule has 3 aromatic carbocycles. The third-order valence-corrected chi connectivity index (χ3v) is 7.40. The van der Waals surface area contributed by atoms with Gasteiger partial charge in [0.2, 0.25) is 25.0 Å². The van der Waals surface area contributed by atoms with Gasteiger partial charge in [0, 0.05) is 13.1 Å². The van der Waals surface area contributed by atoms with Crippen molar-refractivity contribution >= 4 is 24.2 Å². The predicted molar refractivity (Wildman–Crippen MR) is 172 cm³/mol. The topological polar surface area (TPSA) is 135 Å². The van der Waals surface area contributed by atoms with Crippen molar-refractivity contribution in [2.24, 2.45) is 5.92 Å². The van der Waals surface area contributed by atoms with E-state index in [9.17, 15) is 19.2 Å². The smallest absolute Gasteiger partial charge is 0.305 e. The Labute approximate surface area is 270 Å². The van der Waals surface area contributed by atoms with Crippen LogP contribution in [0.5, 0.6) is 23.0 Å². The Kier molecular flexibility index (Phi) is 13.1. The van der Waals surface area contributed by atoms with E-state index >= 15 is 0 Å². The van der Waals surface area contributed by atoms with Gasteiger partial charge in [-0.05, 0) is 75.2 Å². The highest BCUT2D eigenvalue weighted by atomic mass is 16.7. The van der Waals surface area contributed by atoms with E-state index in [4.69, 9.17) is 19.3 Å². The number of carboxylic acid groups (broad SMARTS) is 1. The number of carbonyl (C=O) groups excluding carboxylic acids is 3. The number of rotatable bonds is 14. The lowest BCUT2D eigenvalue weighted by Gasteiger charge is -2.39. The Bertz CT molecular complexity index is 1420. The van der Waals surface area contributed by atoms with Gasteiger partial charge in [-0.25, -0.2) is 0 Å². The number of carboxylic acids is 1. The van der Waals surface area contributed by atoms with E-state index in [1.807, 2.05) is 97.6 Å². The van der Waals surface area contributed by atoms with Crippen molar-refractivity contribution in [1.29, 1.82) is 0 Å². The zero-order chi connectivity index (χ0) is 33.7. The fourth-order valence-corrected chi connectivity index (χ4v) is 4.55. The molecule has 1 atom stereocenters. The van der Waals surface area contributed by atoms with Crippen molar-refractivity contribution in [3.05, 3.63) is 84.4 Å². The maximum Gasteiger partial charge on any atom is 0.305 e. The lowest BCUT2D eigenvalue weighted by Crippen LogP contribution is -2.59. The van der Waals surface area contributed by atoms with Crippen LogP contribution in [0.25, 0.3) is 0 Å². The summed E-state index contributed by atoms with van der Waals surface area (Å²) in [6.07, 6.45) is 0.391. The number of likely N-dealkylation sites (N-methyl/N-ethyl adjacent to an activating group) is 1. The highest BCUT2D eigenvalue weighted by molar-refractivity contribution is 5.98. The predicted octanol–water partition coefficient (Wildman–Crippen LogP) is 5.10. The molecule has 0 fully saturated rings. The number of nitrogens with zero attached hydrogens (tertiary/aromatic N) is 2. The molecule has 1 heterocycles. The van der Waals surface area contributed by atoms with Gasteiger partial charge in [0.25, 0.3) is 0 Å². The molecule has 0 radical (unpaired) electrons. The Morgan fingerprint density at radius 1 is 0.935 bits per heavy atom. The number of aliphatic carboxylic acids is 1. The first-order valence-corrected chi connectivity index (χ1v) is 15.1. The van der Waals surface area contributed by atoms with Crippen LogP contribution in [-0.4, -0.2) is 71.1 Å². The highest BCUT2D eigenvalue weighted by Gasteiger charge is 2.40. The average molecular weight is 634 g/mol. The minimum atomic E-state index is -1.11. The number of imide groups is 1. The maximum absolute atomic E-state index is 13.6. The molecule has 4 rings (SSSR count). The molecule has 3 aromatic rings. The Balaban J connectivity index is 0.000000539. The first-order chi connectivity index (χ1) is 21.9. The van der Waals surface area contributed by atoms with Crippen molar-refractivity contribution < 1.29 is 38.5 Å². The van der Waals surface area contributed by atoms with E-state index in [0.717, 1.165) is 27.7 Å². The van der Waals surface area contributed by atoms with Gasteiger partial charge < -0.3 is 24.6 Å². The summed E-state index contributed by atoms with van der Waals surface area (Å²) in [6.45, 7) is 7.86. The monoisotopic (exact) mass is 633 g/mol. The number of hydrogen-bond acceptors (Lipinski definition) is 8. The number of ether oxygens (including phenoxy) is 3. The number of nitrogens with one attached hydrogen (secondary N) is 1. The molecule has 11 heteroatoms. The van der Waals surface area contributed by atoms with Gasteiger partial charge in [0.05, 0.1) is 12.0 Å². The van der Waals surface area contributed by atoms with Gasteiger partial charge in [-0.2, -0.15) is 0 Å². The first-order valence-electron chi connectivity index (χ1n) is 15.1. The Hall–Kier alpha value is -4.90. The first kappa shape index (κ1) is 35.6. The molecule has 246 valence electrons. The zero-order valence-electron chi connectivity index (χ0n) is 27.0. The van der Waals surface area contributed by atoms with Crippen LogP contribution in [0.4, 0.5) is 0 Å². The minimum Gasteiger partial charge on any atom is -0.481 e. The number of hydrogen-bond donors (Lipinski definition) is 2. The quantitative estimate of drug-likeness (QED) is 0.233. The molecule has 0 aromatic heterocycles. The van der Waals surface area contributed by atoms with E-state index in [-0.39, 0.29) is 25.3 Å². The van der Waals surface area contributed by atoms with Crippen LogP contribution in [0.3, 0.4) is 0 Å². The molecule has 0 aliphatic carbocycles. The zero-order valence-corrected chi connectivity index (χ0v) is 27.0. The van der Waals surface area contributed by atoms with E-state index in [0.29, 0.717) is 25.5 Å². The van der Waals surface area contributed by atoms with Crippen LogP contribution in [0.1, 0.15) is 46.1 Å². The largest absolute Gasteiger partial charge is 0.481 e. The van der Waals surface area contributed by atoms with Gasteiger partial charge in [0.15, 0.2) is 11.5 Å². The third kappa shape index (κ3) is 10.3. The molecule has 3 amide bonds. The van der Waals surface area contributed by atoms with Crippen LogP contribution in [0, 0.1) is 5.92 Å². The van der Waals surface area contributed by atoms with E-state index in [1.54, 1.807) is 20.9 Å². The molecule has 0 bridgehead atoms. The van der Waals surface area contributed by atoms with E-state index in [1.165, 1.54) is 0 Å². The van der Waals surface area contributed by atoms with Gasteiger partial charge in [-0.15, -0.1) is 0 Å². The van der Waals surface area contributed by atoms with Gasteiger partial charge in [-0.3, -0.25) is 29.0 Å². The average Bonchev–Trinajstić information content (AvgIpc) is 3.51. The van der Waals surface area contributed by atoms with Crippen molar-refractivity contribution in [2.75, 3.05) is 20.4 Å². The summed E-state index contributed by atoms with van der Waals surface area (Å²) >= 11 is 0. The van der Waals surface area contributed by atoms with Crippen LogP contribution < -0.4 is 19.5 Å². The van der Waals surface area contributed by atoms with Crippen LogP contribution in [-0.2, 0) is 25.7 Å². The summed E-state index contributed by atoms with van der Waals surface area (Å²) in [5.41, 5.74) is -0.178. The number of carbonyl (C=O) groups is 4. The number of fused-ring (bicyclic) bond motifs is 1. The molecular weight excluding hydrogens is 590 g/mol. The van der Waals surface area contributed by atoms with Crippen molar-refractivity contribution in [3.63, 3.8) is 0 Å². The summed E-state index contributed by atoms with van der Waals surface area (Å²) in [6, 6.07) is 23.5. The van der Waals surface area contributed by atoms with Crippen LogP contribution >= 0.6 is 0 Å². The Morgan fingerprint density at radius 2 is 1.50 bits per heavy atom. The fraction of sp³-hybridized carbons (Fsp3) is 0.371. The normalized spacial score (nSPS) is 12.5. The number of para-hydroxylation sites is 3. The van der Waals surface area contributed by atoms with Crippen molar-refractivity contribution in [2.45, 2.75) is 58.7 Å². The van der Waals surface area contributed by atoms with E-state index in [2.05, 4.69) is 5.32 Å². The molecule has 1 aliphatic heterocycles. The maximum atomic E-state index is 13.6. The molecule has 0 saturated carbocycles. The summed E-state index contributed by atoms with van der Waals surface area (Å²) < 4.78 is 16.0. The molecular formula is C35H43N3O8. The third-order valence-electron chi connectivity index (χ3n) is 7.40. The molecule has 11 nitrogen and oxygen atoms in total. The second-order valence-electron chi connectivity index (χ2n) is 11.7.